The minimum absolute atomic E-state index is 0.361. The molecule has 1 unspecified atom stereocenters. The monoisotopic (exact) mass is 284 g/mol. The third-order valence-corrected chi connectivity index (χ3v) is 3.10. The van der Waals surface area contributed by atoms with Gasteiger partial charge in [0.2, 0.25) is 0 Å². The Bertz CT molecular complexity index is 641. The van der Waals surface area contributed by atoms with E-state index in [0.29, 0.717) is 16.8 Å². The van der Waals surface area contributed by atoms with Crippen LogP contribution in [0.2, 0.25) is 0 Å². The summed E-state index contributed by atoms with van der Waals surface area (Å²) in [4.78, 5) is 28.3. The largest absolute Gasteiger partial charge is 0.467 e. The maximum absolute atomic E-state index is 12.3. The van der Waals surface area contributed by atoms with Gasteiger partial charge in [-0.3, -0.25) is 9.78 Å². The first-order chi connectivity index (χ1) is 10.1. The van der Waals surface area contributed by atoms with E-state index >= 15 is 0 Å². The predicted molar refractivity (Wildman–Crippen MR) is 77.6 cm³/mol. The highest BCUT2D eigenvalue weighted by molar-refractivity contribution is 5.97. The van der Waals surface area contributed by atoms with Gasteiger partial charge in [0.15, 0.2) is 6.04 Å². The average molecular weight is 284 g/mol. The van der Waals surface area contributed by atoms with Crippen LogP contribution in [0, 0.1) is 6.92 Å². The molecule has 5 nitrogen and oxygen atoms in total. The second-order valence-corrected chi connectivity index (χ2v) is 4.48. The van der Waals surface area contributed by atoms with E-state index in [0.717, 1.165) is 0 Å². The van der Waals surface area contributed by atoms with Crippen molar-refractivity contribution in [3.63, 3.8) is 0 Å². The third-order valence-electron chi connectivity index (χ3n) is 3.10. The molecule has 0 spiro atoms. The minimum atomic E-state index is -0.844. The molecule has 1 amide bonds. The van der Waals surface area contributed by atoms with Gasteiger partial charge in [-0.1, -0.05) is 30.3 Å². The highest BCUT2D eigenvalue weighted by Crippen LogP contribution is 2.15. The number of benzene rings is 1. The lowest BCUT2D eigenvalue weighted by Gasteiger charge is -2.17. The van der Waals surface area contributed by atoms with Crippen LogP contribution in [0.15, 0.2) is 48.7 Å². The first-order valence-electron chi connectivity index (χ1n) is 6.48. The van der Waals surface area contributed by atoms with Crippen LogP contribution >= 0.6 is 0 Å². The molecule has 0 bridgehead atoms. The van der Waals surface area contributed by atoms with E-state index in [4.69, 9.17) is 4.74 Å². The number of ether oxygens (including phenoxy) is 1. The molecule has 1 heterocycles. The second-order valence-electron chi connectivity index (χ2n) is 4.48. The number of aromatic nitrogens is 1. The van der Waals surface area contributed by atoms with Crippen LogP contribution in [0.5, 0.6) is 0 Å². The summed E-state index contributed by atoms with van der Waals surface area (Å²) in [5.41, 5.74) is 1.70. The molecule has 2 rings (SSSR count). The zero-order valence-corrected chi connectivity index (χ0v) is 11.9. The van der Waals surface area contributed by atoms with Crippen LogP contribution in [0.25, 0.3) is 0 Å². The Balaban J connectivity index is 2.26. The van der Waals surface area contributed by atoms with Gasteiger partial charge in [0.25, 0.3) is 5.91 Å². The molecule has 5 heteroatoms. The smallest absolute Gasteiger partial charge is 0.333 e. The number of nitrogens with one attached hydrogen (secondary N) is 1. The molecule has 0 aliphatic heterocycles. The van der Waals surface area contributed by atoms with Crippen LogP contribution in [0.1, 0.15) is 27.7 Å². The fraction of sp³-hybridized carbons (Fsp3) is 0.188. The lowest BCUT2D eigenvalue weighted by Crippen LogP contribution is -2.35. The first kappa shape index (κ1) is 14.7. The number of amides is 1. The number of pyridine rings is 1. The van der Waals surface area contributed by atoms with Crippen molar-refractivity contribution in [2.24, 2.45) is 0 Å². The Morgan fingerprint density at radius 3 is 2.48 bits per heavy atom. The molecule has 1 atom stereocenters. The second kappa shape index (κ2) is 6.65. The molecule has 0 aliphatic rings. The quantitative estimate of drug-likeness (QED) is 0.872. The van der Waals surface area contributed by atoms with Gasteiger partial charge in [-0.2, -0.15) is 0 Å². The van der Waals surface area contributed by atoms with Crippen LogP contribution in [0.4, 0.5) is 0 Å². The van der Waals surface area contributed by atoms with Gasteiger partial charge >= 0.3 is 5.97 Å². The molecule has 2 aromatic rings. The molecular formula is C16H16N2O3. The Kier molecular flexibility index (Phi) is 4.66. The van der Waals surface area contributed by atoms with Crippen molar-refractivity contribution in [3.8, 4) is 0 Å². The molecule has 0 saturated carbocycles. The summed E-state index contributed by atoms with van der Waals surface area (Å²) in [6.07, 6.45) is 1.61. The van der Waals surface area contributed by atoms with E-state index in [-0.39, 0.29) is 5.91 Å². The number of nitrogens with zero attached hydrogens (tertiary/aromatic N) is 1. The van der Waals surface area contributed by atoms with Crippen molar-refractivity contribution in [3.05, 3.63) is 65.5 Å². The highest BCUT2D eigenvalue weighted by Gasteiger charge is 2.24. The predicted octanol–water partition coefficient (Wildman–Crippen LogP) is 2.03. The van der Waals surface area contributed by atoms with E-state index < -0.39 is 12.0 Å². The van der Waals surface area contributed by atoms with E-state index in [1.54, 1.807) is 49.5 Å². The fourth-order valence-corrected chi connectivity index (χ4v) is 1.97. The number of hydrogen-bond acceptors (Lipinski definition) is 4. The van der Waals surface area contributed by atoms with Crippen LogP contribution in [-0.2, 0) is 9.53 Å². The van der Waals surface area contributed by atoms with E-state index in [9.17, 15) is 9.59 Å². The maximum atomic E-state index is 12.3. The van der Waals surface area contributed by atoms with Crippen molar-refractivity contribution in [2.45, 2.75) is 13.0 Å². The highest BCUT2D eigenvalue weighted by atomic mass is 16.5. The van der Waals surface area contributed by atoms with Crippen molar-refractivity contribution >= 4 is 11.9 Å². The normalized spacial score (nSPS) is 11.5. The molecule has 1 aromatic heterocycles. The number of carbonyl (C=O) groups is 2. The van der Waals surface area contributed by atoms with Gasteiger partial charge in [-0.25, -0.2) is 4.79 Å². The zero-order valence-electron chi connectivity index (χ0n) is 11.9. The molecule has 0 radical (unpaired) electrons. The molecule has 0 aliphatic carbocycles. The van der Waals surface area contributed by atoms with E-state index in [1.807, 2.05) is 6.07 Å². The molecule has 0 saturated heterocycles. The van der Waals surface area contributed by atoms with Gasteiger partial charge in [0.05, 0.1) is 12.7 Å². The van der Waals surface area contributed by atoms with Crippen molar-refractivity contribution in [2.75, 3.05) is 7.11 Å². The van der Waals surface area contributed by atoms with Crippen molar-refractivity contribution in [1.29, 1.82) is 0 Å². The van der Waals surface area contributed by atoms with Gasteiger partial charge in [0.1, 0.15) is 0 Å². The zero-order chi connectivity index (χ0) is 15.2. The number of carbonyl (C=O) groups excluding carboxylic acids is 2. The summed E-state index contributed by atoms with van der Waals surface area (Å²) in [5.74, 6) is -0.879. The average Bonchev–Trinajstić information content (AvgIpc) is 2.53. The third kappa shape index (κ3) is 3.45. The number of rotatable bonds is 4. The lowest BCUT2D eigenvalue weighted by molar-refractivity contribution is -0.143. The Labute approximate surface area is 123 Å². The van der Waals surface area contributed by atoms with Crippen LogP contribution in [0.3, 0.4) is 0 Å². The summed E-state index contributed by atoms with van der Waals surface area (Å²) < 4.78 is 4.76. The van der Waals surface area contributed by atoms with Crippen molar-refractivity contribution < 1.29 is 14.3 Å². The minimum Gasteiger partial charge on any atom is -0.467 e. The fourth-order valence-electron chi connectivity index (χ4n) is 1.97. The summed E-state index contributed by atoms with van der Waals surface area (Å²) in [7, 11) is 1.29. The number of hydrogen-bond donors (Lipinski definition) is 1. The SMILES string of the molecule is COC(=O)C(NC(=O)c1cccnc1C)c1ccccc1. The van der Waals surface area contributed by atoms with Gasteiger partial charge in [0, 0.05) is 11.9 Å². The summed E-state index contributed by atoms with van der Waals surface area (Å²) in [6, 6.07) is 11.5. The van der Waals surface area contributed by atoms with Gasteiger partial charge < -0.3 is 10.1 Å². The van der Waals surface area contributed by atoms with Crippen LogP contribution in [-0.4, -0.2) is 24.0 Å². The summed E-state index contributed by atoms with van der Waals surface area (Å²) >= 11 is 0. The number of esters is 1. The molecule has 21 heavy (non-hydrogen) atoms. The van der Waals surface area contributed by atoms with E-state index in [2.05, 4.69) is 10.3 Å². The topological polar surface area (TPSA) is 68.3 Å². The van der Waals surface area contributed by atoms with Gasteiger partial charge in [-0.15, -0.1) is 0 Å². The molecule has 1 aromatic carbocycles. The molecular weight excluding hydrogens is 268 g/mol. The molecule has 108 valence electrons. The maximum Gasteiger partial charge on any atom is 0.333 e. The Morgan fingerprint density at radius 1 is 1.14 bits per heavy atom. The Morgan fingerprint density at radius 2 is 1.86 bits per heavy atom. The van der Waals surface area contributed by atoms with Gasteiger partial charge in [-0.05, 0) is 24.6 Å². The van der Waals surface area contributed by atoms with Crippen molar-refractivity contribution in [1.82, 2.24) is 10.3 Å². The van der Waals surface area contributed by atoms with Crippen LogP contribution < -0.4 is 5.32 Å². The number of aryl methyl sites for hydroxylation is 1. The first-order valence-corrected chi connectivity index (χ1v) is 6.48. The number of methoxy groups -OCH3 is 1. The summed E-state index contributed by atoms with van der Waals surface area (Å²) in [5, 5.41) is 2.69. The Hall–Kier alpha value is -2.69. The van der Waals surface area contributed by atoms with E-state index in [1.165, 1.54) is 7.11 Å². The summed E-state index contributed by atoms with van der Waals surface area (Å²) in [6.45, 7) is 1.74. The lowest BCUT2D eigenvalue weighted by atomic mass is 10.1. The standard InChI is InChI=1S/C16H16N2O3/c1-11-13(9-6-10-17-11)15(19)18-14(16(20)21-2)12-7-4-3-5-8-12/h3-10,14H,1-2H3,(H,18,19). The molecule has 1 N–H and O–H groups in total. The molecule has 0 fully saturated rings.